The van der Waals surface area contributed by atoms with Crippen LogP contribution in [0.1, 0.15) is 35.2 Å². The van der Waals surface area contributed by atoms with E-state index in [0.29, 0.717) is 0 Å². The molecule has 0 aliphatic carbocycles. The van der Waals surface area contributed by atoms with Crippen molar-refractivity contribution in [1.82, 2.24) is 20.0 Å². The second-order valence-corrected chi connectivity index (χ2v) is 7.91. The summed E-state index contributed by atoms with van der Waals surface area (Å²) >= 11 is 0. The van der Waals surface area contributed by atoms with Crippen LogP contribution >= 0.6 is 0 Å². The molecular formula is C21H34N4O. The molecule has 1 aromatic carbocycles. The summed E-state index contributed by atoms with van der Waals surface area (Å²) in [7, 11) is 4.19. The van der Waals surface area contributed by atoms with Gasteiger partial charge < -0.3 is 15.1 Å². The van der Waals surface area contributed by atoms with Gasteiger partial charge in [-0.2, -0.15) is 0 Å². The van der Waals surface area contributed by atoms with E-state index in [1.54, 1.807) is 0 Å². The molecule has 1 aromatic rings. The van der Waals surface area contributed by atoms with Crippen LogP contribution in [0.2, 0.25) is 0 Å². The highest BCUT2D eigenvalue weighted by atomic mass is 16.2. The smallest absolute Gasteiger partial charge is 0.253 e. The fourth-order valence-corrected chi connectivity index (χ4v) is 4.02. The monoisotopic (exact) mass is 358 g/mol. The highest BCUT2D eigenvalue weighted by molar-refractivity contribution is 5.94. The Kier molecular flexibility index (Phi) is 7.06. The number of carbonyl (C=O) groups excluding carboxylic acids is 1. The molecule has 2 aliphatic heterocycles. The van der Waals surface area contributed by atoms with Crippen LogP contribution < -0.4 is 5.32 Å². The maximum absolute atomic E-state index is 12.9. The minimum Gasteiger partial charge on any atom is -0.339 e. The summed E-state index contributed by atoms with van der Waals surface area (Å²) in [5.74, 6) is 0.965. The number of nitrogens with one attached hydrogen (secondary N) is 1. The lowest BCUT2D eigenvalue weighted by atomic mass is 9.93. The Morgan fingerprint density at radius 1 is 1.12 bits per heavy atom. The van der Waals surface area contributed by atoms with Crippen molar-refractivity contribution in [1.29, 1.82) is 0 Å². The van der Waals surface area contributed by atoms with Gasteiger partial charge in [-0.3, -0.25) is 9.69 Å². The van der Waals surface area contributed by atoms with Gasteiger partial charge in [-0.1, -0.05) is 12.1 Å². The van der Waals surface area contributed by atoms with Gasteiger partial charge in [0.1, 0.15) is 0 Å². The van der Waals surface area contributed by atoms with Gasteiger partial charge in [-0.15, -0.1) is 0 Å². The zero-order valence-electron chi connectivity index (χ0n) is 16.4. The standard InChI is InChI=1S/C21H34N4O/c1-22-9-6-18-7-10-25(11-8-18)21(26)20-5-3-4-19(16-20)17-24-14-12-23(2)13-15-24/h3-5,16,18,22H,6-15,17H2,1-2H3. The van der Waals surface area contributed by atoms with Gasteiger partial charge in [0.25, 0.3) is 5.91 Å². The van der Waals surface area contributed by atoms with Crippen molar-refractivity contribution in [2.24, 2.45) is 5.92 Å². The Bertz CT molecular complexity index is 575. The van der Waals surface area contributed by atoms with E-state index >= 15 is 0 Å². The average molecular weight is 359 g/mol. The number of hydrogen-bond donors (Lipinski definition) is 1. The minimum absolute atomic E-state index is 0.206. The Balaban J connectivity index is 1.53. The van der Waals surface area contributed by atoms with Gasteiger partial charge in [-0.05, 0) is 63.5 Å². The van der Waals surface area contributed by atoms with Crippen LogP contribution in [0.15, 0.2) is 24.3 Å². The van der Waals surface area contributed by atoms with E-state index in [-0.39, 0.29) is 5.91 Å². The maximum Gasteiger partial charge on any atom is 0.253 e. The summed E-state index contributed by atoms with van der Waals surface area (Å²) in [5.41, 5.74) is 2.11. The fraction of sp³-hybridized carbons (Fsp3) is 0.667. The average Bonchev–Trinajstić information content (AvgIpc) is 2.68. The van der Waals surface area contributed by atoms with Gasteiger partial charge in [0, 0.05) is 51.4 Å². The first-order chi connectivity index (χ1) is 12.7. The number of hydrogen-bond acceptors (Lipinski definition) is 4. The highest BCUT2D eigenvalue weighted by Gasteiger charge is 2.23. The number of benzene rings is 1. The number of likely N-dealkylation sites (N-methyl/N-ethyl adjacent to an activating group) is 1. The molecular weight excluding hydrogens is 324 g/mol. The van der Waals surface area contributed by atoms with Gasteiger partial charge in [0.15, 0.2) is 0 Å². The molecule has 144 valence electrons. The number of rotatable bonds is 6. The third kappa shape index (κ3) is 5.29. The van der Waals surface area contributed by atoms with E-state index < -0.39 is 0 Å². The molecule has 0 saturated carbocycles. The van der Waals surface area contributed by atoms with Crippen LogP contribution in [-0.4, -0.2) is 80.5 Å². The van der Waals surface area contributed by atoms with Crippen LogP contribution in [0, 0.1) is 5.92 Å². The molecule has 0 aromatic heterocycles. The summed E-state index contributed by atoms with van der Waals surface area (Å²) < 4.78 is 0. The van der Waals surface area contributed by atoms with E-state index in [1.807, 2.05) is 24.1 Å². The molecule has 26 heavy (non-hydrogen) atoms. The summed E-state index contributed by atoms with van der Waals surface area (Å²) in [4.78, 5) is 19.8. The van der Waals surface area contributed by atoms with E-state index in [2.05, 4.69) is 34.3 Å². The number of piperazine rings is 1. The number of carbonyl (C=O) groups is 1. The zero-order chi connectivity index (χ0) is 18.4. The normalized spacial score (nSPS) is 20.5. The summed E-state index contributed by atoms with van der Waals surface area (Å²) in [6, 6.07) is 8.27. The number of piperidine rings is 1. The SMILES string of the molecule is CNCCC1CCN(C(=O)c2cccc(CN3CCN(C)CC3)c2)CC1. The first-order valence-electron chi connectivity index (χ1n) is 10.1. The molecule has 0 bridgehead atoms. The molecule has 0 radical (unpaired) electrons. The van der Waals surface area contributed by atoms with Crippen LogP contribution in [-0.2, 0) is 6.54 Å². The number of amides is 1. The molecule has 0 spiro atoms. The molecule has 5 nitrogen and oxygen atoms in total. The molecule has 5 heteroatoms. The molecule has 2 aliphatic rings. The van der Waals surface area contributed by atoms with E-state index in [4.69, 9.17) is 0 Å². The van der Waals surface area contributed by atoms with Crippen molar-refractivity contribution < 1.29 is 4.79 Å². The molecule has 1 amide bonds. The van der Waals surface area contributed by atoms with Crippen LogP contribution in [0.5, 0.6) is 0 Å². The molecule has 3 rings (SSSR count). The van der Waals surface area contributed by atoms with Gasteiger partial charge in [0.2, 0.25) is 0 Å². The van der Waals surface area contributed by atoms with Gasteiger partial charge in [0.05, 0.1) is 0 Å². The largest absolute Gasteiger partial charge is 0.339 e. The second-order valence-electron chi connectivity index (χ2n) is 7.91. The predicted octanol–water partition coefficient (Wildman–Crippen LogP) is 1.90. The van der Waals surface area contributed by atoms with E-state index in [9.17, 15) is 4.79 Å². The van der Waals surface area contributed by atoms with Crippen molar-refractivity contribution in [3.63, 3.8) is 0 Å². The van der Waals surface area contributed by atoms with E-state index in [1.165, 1.54) is 12.0 Å². The van der Waals surface area contributed by atoms with Crippen LogP contribution in [0.4, 0.5) is 0 Å². The quantitative estimate of drug-likeness (QED) is 0.843. The molecule has 2 heterocycles. The highest BCUT2D eigenvalue weighted by Crippen LogP contribution is 2.22. The molecule has 2 saturated heterocycles. The molecule has 0 unspecified atom stereocenters. The van der Waals surface area contributed by atoms with Crippen molar-refractivity contribution in [3.8, 4) is 0 Å². The Morgan fingerprint density at radius 3 is 2.54 bits per heavy atom. The van der Waals surface area contributed by atoms with Gasteiger partial charge >= 0.3 is 0 Å². The lowest BCUT2D eigenvalue weighted by molar-refractivity contribution is 0.0687. The first kappa shape index (κ1) is 19.3. The lowest BCUT2D eigenvalue weighted by Gasteiger charge is -2.33. The summed E-state index contributed by atoms with van der Waals surface area (Å²) in [6.07, 6.45) is 3.49. The second kappa shape index (κ2) is 9.49. The third-order valence-corrected chi connectivity index (χ3v) is 5.88. The van der Waals surface area contributed by atoms with Gasteiger partial charge in [-0.25, -0.2) is 0 Å². The zero-order valence-corrected chi connectivity index (χ0v) is 16.4. The summed E-state index contributed by atoms with van der Waals surface area (Å²) in [6.45, 7) is 8.28. The first-order valence-corrected chi connectivity index (χ1v) is 10.1. The predicted molar refractivity (Wildman–Crippen MR) is 106 cm³/mol. The van der Waals surface area contributed by atoms with Crippen LogP contribution in [0.25, 0.3) is 0 Å². The fourth-order valence-electron chi connectivity index (χ4n) is 4.02. The molecule has 1 N–H and O–H groups in total. The van der Waals surface area contributed by atoms with E-state index in [0.717, 1.165) is 76.7 Å². The van der Waals surface area contributed by atoms with Crippen molar-refractivity contribution in [3.05, 3.63) is 35.4 Å². The van der Waals surface area contributed by atoms with Crippen molar-refractivity contribution >= 4 is 5.91 Å². The van der Waals surface area contributed by atoms with Crippen LogP contribution in [0.3, 0.4) is 0 Å². The Morgan fingerprint density at radius 2 is 1.85 bits per heavy atom. The molecule has 0 atom stereocenters. The molecule has 2 fully saturated rings. The Hall–Kier alpha value is -1.43. The third-order valence-electron chi connectivity index (χ3n) is 5.88. The maximum atomic E-state index is 12.9. The van der Waals surface area contributed by atoms with Crippen molar-refractivity contribution in [2.75, 3.05) is 59.9 Å². The lowest BCUT2D eigenvalue weighted by Crippen LogP contribution is -2.43. The number of likely N-dealkylation sites (tertiary alicyclic amines) is 1. The topological polar surface area (TPSA) is 38.8 Å². The number of nitrogens with zero attached hydrogens (tertiary/aromatic N) is 3. The Labute approximate surface area is 158 Å². The summed E-state index contributed by atoms with van der Waals surface area (Å²) in [5, 5.41) is 3.23. The van der Waals surface area contributed by atoms with Crippen molar-refractivity contribution in [2.45, 2.75) is 25.8 Å². The minimum atomic E-state index is 0.206.